The third-order valence-electron chi connectivity index (χ3n) is 4.25. The van der Waals surface area contributed by atoms with Gasteiger partial charge in [-0.25, -0.2) is 4.39 Å². The van der Waals surface area contributed by atoms with Crippen molar-refractivity contribution in [1.82, 2.24) is 16.0 Å². The first-order valence-electron chi connectivity index (χ1n) is 9.18. The number of amides is 1. The van der Waals surface area contributed by atoms with Crippen LogP contribution < -0.4 is 20.7 Å². The molecule has 1 amide bonds. The number of nitrogens with zero attached hydrogens (tertiary/aromatic N) is 1. The van der Waals surface area contributed by atoms with Gasteiger partial charge in [0.15, 0.2) is 17.5 Å². The van der Waals surface area contributed by atoms with Crippen LogP contribution in [0.5, 0.6) is 5.75 Å². The summed E-state index contributed by atoms with van der Waals surface area (Å²) in [5, 5.41) is 8.78. The molecule has 0 radical (unpaired) electrons. The molecule has 0 spiro atoms. The lowest BCUT2D eigenvalue weighted by Crippen LogP contribution is -2.44. The van der Waals surface area contributed by atoms with Crippen molar-refractivity contribution >= 4 is 11.9 Å². The Morgan fingerprint density at radius 3 is 2.78 bits per heavy atom. The molecule has 150 valence electrons. The van der Waals surface area contributed by atoms with Crippen molar-refractivity contribution in [2.24, 2.45) is 10.9 Å². The number of halogens is 1. The molecule has 1 fully saturated rings. The quantitative estimate of drug-likeness (QED) is 0.326. The molecule has 0 aliphatic heterocycles. The fourth-order valence-electron chi connectivity index (χ4n) is 2.40. The van der Waals surface area contributed by atoms with Gasteiger partial charge < -0.3 is 25.4 Å². The van der Waals surface area contributed by atoms with Gasteiger partial charge in [0.25, 0.3) is 0 Å². The Kier molecular flexibility index (Phi) is 8.32. The zero-order valence-corrected chi connectivity index (χ0v) is 16.2. The van der Waals surface area contributed by atoms with Crippen LogP contribution >= 0.6 is 0 Å². The summed E-state index contributed by atoms with van der Waals surface area (Å²) in [6.07, 6.45) is 2.33. The van der Waals surface area contributed by atoms with Crippen LogP contribution in [-0.2, 0) is 9.53 Å². The maximum absolute atomic E-state index is 14.2. The minimum Gasteiger partial charge on any atom is -0.490 e. The van der Waals surface area contributed by atoms with E-state index in [9.17, 15) is 9.18 Å². The number of hydrogen-bond acceptors (Lipinski definition) is 4. The van der Waals surface area contributed by atoms with E-state index in [1.165, 1.54) is 6.07 Å². The molecule has 0 heterocycles. The molecule has 1 aliphatic carbocycles. The topological polar surface area (TPSA) is 84.0 Å². The molecule has 1 unspecified atom stereocenters. The fraction of sp³-hybridized carbons (Fsp3) is 0.579. The summed E-state index contributed by atoms with van der Waals surface area (Å²) in [6, 6.07) is 4.75. The summed E-state index contributed by atoms with van der Waals surface area (Å²) in [6.45, 7) is 3.46. The summed E-state index contributed by atoms with van der Waals surface area (Å²) in [5.74, 6) is 0.783. The third kappa shape index (κ3) is 7.42. The monoisotopic (exact) mass is 380 g/mol. The molecule has 1 atom stereocenters. The number of aliphatic imine (C=N–C) groups is 1. The van der Waals surface area contributed by atoms with Crippen molar-refractivity contribution in [1.29, 1.82) is 0 Å². The molecule has 0 bridgehead atoms. The van der Waals surface area contributed by atoms with Crippen LogP contribution in [0.4, 0.5) is 4.39 Å². The number of rotatable bonds is 10. The number of carbonyl (C=O) groups excluding carboxylic acids is 1. The molecule has 7 nitrogen and oxygen atoms in total. The first kappa shape index (κ1) is 21.0. The zero-order chi connectivity index (χ0) is 19.6. The lowest BCUT2D eigenvalue weighted by molar-refractivity contribution is -0.120. The van der Waals surface area contributed by atoms with Crippen LogP contribution in [0.1, 0.15) is 31.4 Å². The summed E-state index contributed by atoms with van der Waals surface area (Å²) in [7, 11) is 3.19. The van der Waals surface area contributed by atoms with Crippen molar-refractivity contribution in [3.05, 3.63) is 29.6 Å². The highest BCUT2D eigenvalue weighted by atomic mass is 19.1. The van der Waals surface area contributed by atoms with Crippen LogP contribution in [0, 0.1) is 11.7 Å². The molecule has 1 aromatic rings. The van der Waals surface area contributed by atoms with E-state index >= 15 is 0 Å². The van der Waals surface area contributed by atoms with E-state index in [1.54, 1.807) is 20.2 Å². The molecule has 2 rings (SSSR count). The molecule has 3 N–H and O–H groups in total. The first-order chi connectivity index (χ1) is 13.0. The van der Waals surface area contributed by atoms with Crippen LogP contribution in [-0.4, -0.2) is 52.3 Å². The molecular formula is C19H29FN4O3. The van der Waals surface area contributed by atoms with Crippen molar-refractivity contribution in [3.63, 3.8) is 0 Å². The Bertz CT molecular complexity index is 650. The minimum absolute atomic E-state index is 0.0818. The van der Waals surface area contributed by atoms with Gasteiger partial charge in [0.1, 0.15) is 0 Å². The van der Waals surface area contributed by atoms with E-state index in [0.717, 1.165) is 18.4 Å². The zero-order valence-electron chi connectivity index (χ0n) is 16.2. The Hall–Kier alpha value is -2.35. The summed E-state index contributed by atoms with van der Waals surface area (Å²) in [5.41, 5.74) is 0.763. The molecule has 0 aromatic heterocycles. The molecule has 1 saturated carbocycles. The van der Waals surface area contributed by atoms with E-state index in [-0.39, 0.29) is 30.1 Å². The van der Waals surface area contributed by atoms with Gasteiger partial charge in [-0.3, -0.25) is 9.79 Å². The van der Waals surface area contributed by atoms with Gasteiger partial charge >= 0.3 is 0 Å². The third-order valence-corrected chi connectivity index (χ3v) is 4.25. The number of nitrogens with one attached hydrogen (secondary N) is 3. The smallest absolute Gasteiger partial charge is 0.239 e. The van der Waals surface area contributed by atoms with Crippen molar-refractivity contribution < 1.29 is 18.7 Å². The fourth-order valence-corrected chi connectivity index (χ4v) is 2.40. The maximum atomic E-state index is 14.2. The molecule has 27 heavy (non-hydrogen) atoms. The Morgan fingerprint density at radius 1 is 1.37 bits per heavy atom. The predicted octanol–water partition coefficient (Wildman–Crippen LogP) is 1.60. The number of guanidine groups is 1. The van der Waals surface area contributed by atoms with E-state index in [0.29, 0.717) is 31.6 Å². The number of benzene rings is 1. The second kappa shape index (κ2) is 10.7. The lowest BCUT2D eigenvalue weighted by Gasteiger charge is -2.19. The van der Waals surface area contributed by atoms with Crippen LogP contribution in [0.2, 0.25) is 0 Å². The van der Waals surface area contributed by atoms with Gasteiger partial charge in [0, 0.05) is 20.7 Å². The summed E-state index contributed by atoms with van der Waals surface area (Å²) >= 11 is 0. The van der Waals surface area contributed by atoms with Gasteiger partial charge in [-0.2, -0.15) is 0 Å². The van der Waals surface area contributed by atoms with Crippen LogP contribution in [0.25, 0.3) is 0 Å². The molecule has 1 aromatic carbocycles. The Balaban J connectivity index is 1.81. The molecule has 0 saturated heterocycles. The number of hydrogen-bond donors (Lipinski definition) is 3. The standard InChI is InChI=1S/C19H29FN4O3/c1-13(24-19(21-2)23-11-18(25)22-8-9-26-3)15-6-7-17(16(20)10-15)27-12-14-4-5-14/h6-7,10,13-14H,4-5,8-9,11-12H2,1-3H3,(H,22,25)(H2,21,23,24). The minimum atomic E-state index is -0.373. The highest BCUT2D eigenvalue weighted by molar-refractivity contribution is 5.86. The van der Waals surface area contributed by atoms with E-state index in [4.69, 9.17) is 9.47 Å². The van der Waals surface area contributed by atoms with Crippen molar-refractivity contribution in [3.8, 4) is 5.75 Å². The normalized spacial score (nSPS) is 15.2. The summed E-state index contributed by atoms with van der Waals surface area (Å²) < 4.78 is 24.6. The molecule has 1 aliphatic rings. The highest BCUT2D eigenvalue weighted by Crippen LogP contribution is 2.30. The van der Waals surface area contributed by atoms with E-state index < -0.39 is 0 Å². The van der Waals surface area contributed by atoms with Gasteiger partial charge in [-0.05, 0) is 43.4 Å². The van der Waals surface area contributed by atoms with Crippen LogP contribution in [0.3, 0.4) is 0 Å². The second-order valence-corrected chi connectivity index (χ2v) is 6.58. The Morgan fingerprint density at radius 2 is 2.15 bits per heavy atom. The average molecular weight is 380 g/mol. The predicted molar refractivity (Wildman–Crippen MR) is 102 cm³/mol. The number of methoxy groups -OCH3 is 1. The molecular weight excluding hydrogens is 351 g/mol. The lowest BCUT2D eigenvalue weighted by atomic mass is 10.1. The first-order valence-corrected chi connectivity index (χ1v) is 9.18. The SMILES string of the molecule is CN=C(NCC(=O)NCCOC)NC(C)c1ccc(OCC2CC2)c(F)c1. The van der Waals surface area contributed by atoms with Gasteiger partial charge in [-0.15, -0.1) is 0 Å². The molecule has 8 heteroatoms. The van der Waals surface area contributed by atoms with Crippen molar-refractivity contribution in [2.45, 2.75) is 25.8 Å². The van der Waals surface area contributed by atoms with Crippen molar-refractivity contribution in [2.75, 3.05) is 40.5 Å². The van der Waals surface area contributed by atoms with Gasteiger partial charge in [0.05, 0.1) is 25.8 Å². The second-order valence-electron chi connectivity index (χ2n) is 6.58. The number of ether oxygens (including phenoxy) is 2. The van der Waals surface area contributed by atoms with Crippen LogP contribution in [0.15, 0.2) is 23.2 Å². The highest BCUT2D eigenvalue weighted by Gasteiger charge is 2.22. The Labute approximate surface area is 159 Å². The maximum Gasteiger partial charge on any atom is 0.239 e. The van der Waals surface area contributed by atoms with E-state index in [2.05, 4.69) is 20.9 Å². The largest absolute Gasteiger partial charge is 0.490 e. The summed E-state index contributed by atoms with van der Waals surface area (Å²) in [4.78, 5) is 15.8. The number of carbonyl (C=O) groups is 1. The van der Waals surface area contributed by atoms with Gasteiger partial charge in [0.2, 0.25) is 5.91 Å². The van der Waals surface area contributed by atoms with Gasteiger partial charge in [-0.1, -0.05) is 6.07 Å². The average Bonchev–Trinajstić information content (AvgIpc) is 3.48. The van der Waals surface area contributed by atoms with E-state index in [1.807, 2.05) is 13.0 Å².